The Morgan fingerprint density at radius 2 is 1.72 bits per heavy atom. The van der Waals surface area contributed by atoms with E-state index in [0.717, 1.165) is 36.4 Å². The Labute approximate surface area is 216 Å². The molecule has 2 aromatic carbocycles. The van der Waals surface area contributed by atoms with E-state index in [1.165, 1.54) is 59.5 Å². The molecule has 3 aliphatic rings. The number of anilines is 1. The van der Waals surface area contributed by atoms with Gasteiger partial charge >= 0.3 is 0 Å². The van der Waals surface area contributed by atoms with Crippen LogP contribution in [0.1, 0.15) is 62.6 Å². The fourth-order valence-corrected chi connectivity index (χ4v) is 5.14. The zero-order chi connectivity index (χ0) is 24.9. The van der Waals surface area contributed by atoms with Crippen LogP contribution in [0.4, 0.5) is 5.69 Å². The normalized spacial score (nSPS) is 20.1. The van der Waals surface area contributed by atoms with Gasteiger partial charge in [-0.05, 0) is 103 Å². The van der Waals surface area contributed by atoms with Gasteiger partial charge in [0.2, 0.25) is 0 Å². The lowest BCUT2D eigenvalue weighted by molar-refractivity contribution is 0.323. The molecule has 0 spiro atoms. The third kappa shape index (κ3) is 5.82. The molecule has 0 aromatic heterocycles. The molecule has 1 aliphatic heterocycles. The molecule has 0 N–H and O–H groups in total. The van der Waals surface area contributed by atoms with Gasteiger partial charge in [0.1, 0.15) is 11.5 Å². The zero-order valence-corrected chi connectivity index (χ0v) is 21.7. The first-order valence-electron chi connectivity index (χ1n) is 13.3. The average Bonchev–Trinajstić information content (AvgIpc) is 3.43. The average molecular weight is 476 g/mol. The van der Waals surface area contributed by atoms with Gasteiger partial charge < -0.3 is 9.64 Å². The summed E-state index contributed by atoms with van der Waals surface area (Å²) in [6, 6.07) is 17.7. The van der Waals surface area contributed by atoms with E-state index >= 15 is 0 Å². The van der Waals surface area contributed by atoms with Crippen molar-refractivity contribution in [2.45, 2.75) is 46.0 Å². The molecule has 1 heterocycles. The van der Waals surface area contributed by atoms with Crippen LogP contribution < -0.4 is 4.90 Å². The lowest BCUT2D eigenvalue weighted by Crippen LogP contribution is -2.17. The van der Waals surface area contributed by atoms with E-state index in [0.29, 0.717) is 5.92 Å². The van der Waals surface area contributed by atoms with E-state index in [4.69, 9.17) is 4.74 Å². The van der Waals surface area contributed by atoms with Gasteiger partial charge in [0.25, 0.3) is 0 Å². The minimum absolute atomic E-state index is 0.500. The second-order valence-corrected chi connectivity index (χ2v) is 10.3. The van der Waals surface area contributed by atoms with Crippen molar-refractivity contribution in [1.29, 1.82) is 0 Å². The maximum absolute atomic E-state index is 6.51. The number of nitrogens with zero attached hydrogens (tertiary/aromatic N) is 1. The van der Waals surface area contributed by atoms with Crippen molar-refractivity contribution in [3.63, 3.8) is 0 Å². The molecule has 0 radical (unpaired) electrons. The van der Waals surface area contributed by atoms with Crippen molar-refractivity contribution in [1.82, 2.24) is 0 Å². The molecule has 36 heavy (non-hydrogen) atoms. The minimum atomic E-state index is 0.500. The Bertz CT molecular complexity index is 1250. The molecule has 1 atom stereocenters. The van der Waals surface area contributed by atoms with E-state index in [-0.39, 0.29) is 0 Å². The predicted octanol–water partition coefficient (Wildman–Crippen LogP) is 8.96. The first-order chi connectivity index (χ1) is 17.5. The van der Waals surface area contributed by atoms with Gasteiger partial charge in [-0.15, -0.1) is 0 Å². The summed E-state index contributed by atoms with van der Waals surface area (Å²) in [5.74, 6) is 2.40. The molecule has 2 nitrogen and oxygen atoms in total. The molecule has 0 bridgehead atoms. The maximum atomic E-state index is 6.51. The summed E-state index contributed by atoms with van der Waals surface area (Å²) in [5, 5.41) is 0. The van der Waals surface area contributed by atoms with Gasteiger partial charge in [0.05, 0.1) is 0 Å². The first-order valence-corrected chi connectivity index (χ1v) is 13.3. The molecule has 0 saturated carbocycles. The zero-order valence-electron chi connectivity index (χ0n) is 21.7. The fraction of sp³-hybridized carbons (Fsp3) is 0.294. The topological polar surface area (TPSA) is 12.5 Å². The lowest BCUT2D eigenvalue weighted by atomic mass is 9.91. The van der Waals surface area contributed by atoms with Gasteiger partial charge in [-0.2, -0.15) is 0 Å². The highest BCUT2D eigenvalue weighted by Crippen LogP contribution is 2.34. The first kappa shape index (κ1) is 24.2. The van der Waals surface area contributed by atoms with Crippen LogP contribution >= 0.6 is 0 Å². The molecular formula is C34H37NO. The molecule has 2 aromatic rings. The summed E-state index contributed by atoms with van der Waals surface area (Å²) in [4.78, 5) is 2.48. The van der Waals surface area contributed by atoms with Crippen molar-refractivity contribution in [2.24, 2.45) is 5.92 Å². The number of hydrogen-bond donors (Lipinski definition) is 0. The molecule has 5 rings (SSSR count). The molecule has 0 amide bonds. The standard InChI is InChI=1S/C34H37NO/c1-25(2)28-13-15-29(16-14-28)31-18-17-30(34(24-31)36-33-8-6-7-26(3)23-33)12-9-27-10-19-32(20-11-27)35-21-4-5-22-35/h6,8-16,19-20,23-24,26H,1,4-5,7,17-18,21-22H2,2-3H3/b12-9-. The minimum Gasteiger partial charge on any atom is -0.457 e. The van der Waals surface area contributed by atoms with E-state index in [1.54, 1.807) is 0 Å². The van der Waals surface area contributed by atoms with Crippen molar-refractivity contribution < 1.29 is 4.74 Å². The van der Waals surface area contributed by atoms with E-state index in [1.807, 2.05) is 0 Å². The summed E-state index contributed by atoms with van der Waals surface area (Å²) >= 11 is 0. The number of allylic oxidation sites excluding steroid dienone is 8. The SMILES string of the molecule is C=C(C)c1ccc(C2=CC(OC3=CC(C)CC=C3)=C(/C=C\c3ccc(N4CCCC4)cc3)CC2)cc1. The molecule has 1 unspecified atom stereocenters. The fourth-order valence-electron chi connectivity index (χ4n) is 5.14. The Hall–Kier alpha value is -3.52. The molecule has 2 heteroatoms. The van der Waals surface area contributed by atoms with Crippen LogP contribution in [0, 0.1) is 5.92 Å². The Morgan fingerprint density at radius 1 is 0.972 bits per heavy atom. The Morgan fingerprint density at radius 3 is 2.42 bits per heavy atom. The summed E-state index contributed by atoms with van der Waals surface area (Å²) in [5.41, 5.74) is 8.65. The highest BCUT2D eigenvalue weighted by Gasteiger charge is 2.17. The van der Waals surface area contributed by atoms with Crippen LogP contribution in [0.25, 0.3) is 17.2 Å². The van der Waals surface area contributed by atoms with Crippen LogP contribution in [0.2, 0.25) is 0 Å². The Balaban J connectivity index is 1.41. The van der Waals surface area contributed by atoms with E-state index in [2.05, 4.69) is 110 Å². The Kier molecular flexibility index (Phi) is 7.41. The van der Waals surface area contributed by atoms with Crippen molar-refractivity contribution >= 4 is 22.9 Å². The molecule has 1 saturated heterocycles. The third-order valence-electron chi connectivity index (χ3n) is 7.34. The highest BCUT2D eigenvalue weighted by atomic mass is 16.5. The lowest BCUT2D eigenvalue weighted by Gasteiger charge is -2.21. The second-order valence-electron chi connectivity index (χ2n) is 10.3. The highest BCUT2D eigenvalue weighted by molar-refractivity contribution is 5.73. The van der Waals surface area contributed by atoms with Crippen molar-refractivity contribution in [2.75, 3.05) is 18.0 Å². The summed E-state index contributed by atoms with van der Waals surface area (Å²) in [6.45, 7) is 10.7. The van der Waals surface area contributed by atoms with E-state index in [9.17, 15) is 0 Å². The molecule has 1 fully saturated rings. The number of benzene rings is 2. The second kappa shape index (κ2) is 11.0. The molecule has 2 aliphatic carbocycles. The summed E-state index contributed by atoms with van der Waals surface area (Å²) in [7, 11) is 0. The van der Waals surface area contributed by atoms with Crippen LogP contribution in [-0.2, 0) is 4.74 Å². The van der Waals surface area contributed by atoms with Crippen LogP contribution in [0.3, 0.4) is 0 Å². The quantitative estimate of drug-likeness (QED) is 0.396. The van der Waals surface area contributed by atoms with E-state index < -0.39 is 0 Å². The predicted molar refractivity (Wildman–Crippen MR) is 154 cm³/mol. The maximum Gasteiger partial charge on any atom is 0.130 e. The van der Waals surface area contributed by atoms with Crippen LogP contribution in [0.15, 0.2) is 103 Å². The van der Waals surface area contributed by atoms with Crippen molar-refractivity contribution in [3.05, 3.63) is 119 Å². The van der Waals surface area contributed by atoms with Crippen LogP contribution in [-0.4, -0.2) is 13.1 Å². The summed E-state index contributed by atoms with van der Waals surface area (Å²) < 4.78 is 6.51. The van der Waals surface area contributed by atoms with Gasteiger partial charge in [0.15, 0.2) is 0 Å². The molecule has 184 valence electrons. The number of hydrogen-bond acceptors (Lipinski definition) is 2. The molecular weight excluding hydrogens is 438 g/mol. The number of ether oxygens (including phenoxy) is 1. The van der Waals surface area contributed by atoms with Crippen molar-refractivity contribution in [3.8, 4) is 0 Å². The largest absolute Gasteiger partial charge is 0.457 e. The van der Waals surface area contributed by atoms with Gasteiger partial charge in [-0.25, -0.2) is 0 Å². The smallest absolute Gasteiger partial charge is 0.130 e. The van der Waals surface area contributed by atoms with Gasteiger partial charge in [-0.3, -0.25) is 0 Å². The summed E-state index contributed by atoms with van der Waals surface area (Å²) in [6.07, 6.45) is 18.9. The van der Waals surface area contributed by atoms with Crippen LogP contribution in [0.5, 0.6) is 0 Å². The van der Waals surface area contributed by atoms with Gasteiger partial charge in [0, 0.05) is 18.8 Å². The van der Waals surface area contributed by atoms with Gasteiger partial charge in [-0.1, -0.05) is 73.7 Å². The monoisotopic (exact) mass is 475 g/mol. The third-order valence-corrected chi connectivity index (χ3v) is 7.34. The number of rotatable bonds is 7.